The molecule has 4 nitrogen and oxygen atoms in total. The Morgan fingerprint density at radius 2 is 1.69 bits per heavy atom. The van der Waals surface area contributed by atoms with Crippen molar-refractivity contribution in [2.24, 2.45) is 16.5 Å². The number of thiocarbonyl (C=S) groups is 1. The van der Waals surface area contributed by atoms with Crippen molar-refractivity contribution in [2.75, 3.05) is 5.32 Å². The zero-order valence-electron chi connectivity index (χ0n) is 7.80. The van der Waals surface area contributed by atoms with Gasteiger partial charge < -0.3 is 16.8 Å². The summed E-state index contributed by atoms with van der Waals surface area (Å²) in [4.78, 5) is 3.63. The maximum absolute atomic E-state index is 5.82. The Labute approximate surface area is 113 Å². The summed E-state index contributed by atoms with van der Waals surface area (Å²) in [5.41, 5.74) is 10.9. The van der Waals surface area contributed by atoms with Gasteiger partial charge in [-0.3, -0.25) is 0 Å². The van der Waals surface area contributed by atoms with Crippen LogP contribution in [0.2, 0.25) is 15.1 Å². The lowest BCUT2D eigenvalue weighted by Crippen LogP contribution is -2.25. The van der Waals surface area contributed by atoms with Gasteiger partial charge in [-0.1, -0.05) is 34.8 Å². The molecule has 86 valence electrons. The van der Waals surface area contributed by atoms with E-state index in [0.29, 0.717) is 15.7 Å². The lowest BCUT2D eigenvalue weighted by atomic mass is 10.3. The maximum Gasteiger partial charge on any atom is 0.200 e. The number of aliphatic imine (C=N–C) groups is 1. The van der Waals surface area contributed by atoms with Crippen LogP contribution < -0.4 is 16.8 Å². The van der Waals surface area contributed by atoms with E-state index < -0.39 is 0 Å². The third-order valence-corrected chi connectivity index (χ3v) is 2.86. The monoisotopic (exact) mass is 296 g/mol. The normalized spacial score (nSPS) is 9.69. The SMILES string of the molecule is NC(N)=NC(=S)Nc1cc(Cl)c(Cl)c(Cl)c1. The van der Waals surface area contributed by atoms with Crippen LogP contribution in [0.4, 0.5) is 5.69 Å². The van der Waals surface area contributed by atoms with E-state index in [4.69, 9.17) is 58.5 Å². The second kappa shape index (κ2) is 5.54. The van der Waals surface area contributed by atoms with Crippen molar-refractivity contribution in [3.8, 4) is 0 Å². The van der Waals surface area contributed by atoms with Crippen molar-refractivity contribution in [1.82, 2.24) is 0 Å². The quantitative estimate of drug-likeness (QED) is 0.322. The molecule has 16 heavy (non-hydrogen) atoms. The van der Waals surface area contributed by atoms with Crippen LogP contribution in [0, 0.1) is 0 Å². The molecule has 0 aliphatic rings. The van der Waals surface area contributed by atoms with Gasteiger partial charge in [0, 0.05) is 5.69 Å². The van der Waals surface area contributed by atoms with Crippen molar-refractivity contribution >= 4 is 63.8 Å². The molecule has 0 unspecified atom stereocenters. The molecular formula is C8H7Cl3N4S. The second-order valence-corrected chi connectivity index (χ2v) is 4.30. The number of anilines is 1. The molecular weight excluding hydrogens is 291 g/mol. The van der Waals surface area contributed by atoms with Crippen LogP contribution in [0.3, 0.4) is 0 Å². The number of hydrogen-bond donors (Lipinski definition) is 3. The minimum absolute atomic E-state index is 0.106. The number of hydrogen-bond acceptors (Lipinski definition) is 1. The fourth-order valence-electron chi connectivity index (χ4n) is 0.896. The van der Waals surface area contributed by atoms with Gasteiger partial charge >= 0.3 is 0 Å². The highest BCUT2D eigenvalue weighted by Gasteiger charge is 2.06. The number of nitrogens with zero attached hydrogens (tertiary/aromatic N) is 1. The largest absolute Gasteiger partial charge is 0.370 e. The van der Waals surface area contributed by atoms with E-state index in [-0.39, 0.29) is 16.1 Å². The van der Waals surface area contributed by atoms with E-state index in [1.807, 2.05) is 0 Å². The molecule has 0 aromatic heterocycles. The van der Waals surface area contributed by atoms with Crippen LogP contribution in [-0.4, -0.2) is 11.1 Å². The molecule has 0 saturated heterocycles. The highest BCUT2D eigenvalue weighted by molar-refractivity contribution is 7.80. The molecule has 0 aliphatic heterocycles. The average Bonchev–Trinajstić information content (AvgIpc) is 2.12. The van der Waals surface area contributed by atoms with E-state index in [9.17, 15) is 0 Å². The molecule has 0 fully saturated rings. The third kappa shape index (κ3) is 3.68. The Kier molecular flexibility index (Phi) is 4.61. The molecule has 0 bridgehead atoms. The van der Waals surface area contributed by atoms with Gasteiger partial charge in [-0.05, 0) is 24.4 Å². The molecule has 1 aromatic carbocycles. The van der Waals surface area contributed by atoms with Gasteiger partial charge in [-0.2, -0.15) is 4.99 Å². The van der Waals surface area contributed by atoms with E-state index in [1.165, 1.54) is 0 Å². The van der Waals surface area contributed by atoms with Crippen molar-refractivity contribution in [2.45, 2.75) is 0 Å². The Morgan fingerprint density at radius 3 is 2.12 bits per heavy atom. The third-order valence-electron chi connectivity index (χ3n) is 1.47. The first kappa shape index (κ1) is 13.3. The molecule has 0 amide bonds. The summed E-state index contributed by atoms with van der Waals surface area (Å²) in [6, 6.07) is 3.12. The van der Waals surface area contributed by atoms with Crippen molar-refractivity contribution in [3.63, 3.8) is 0 Å². The standard InChI is InChI=1S/C8H7Cl3N4S/c9-4-1-3(2-5(10)6(4)11)14-8(16)15-7(12)13/h1-2H,(H5,12,13,14,15,16). The summed E-state index contributed by atoms with van der Waals surface area (Å²) in [5.74, 6) is -0.136. The average molecular weight is 298 g/mol. The number of nitrogens with two attached hydrogens (primary N) is 2. The Morgan fingerprint density at radius 1 is 1.19 bits per heavy atom. The molecule has 8 heteroatoms. The molecule has 0 spiro atoms. The molecule has 0 aliphatic carbocycles. The second-order valence-electron chi connectivity index (χ2n) is 2.72. The lowest BCUT2D eigenvalue weighted by Gasteiger charge is -2.07. The first-order valence-electron chi connectivity index (χ1n) is 3.95. The first-order chi connectivity index (χ1) is 7.40. The highest BCUT2D eigenvalue weighted by Crippen LogP contribution is 2.33. The van der Waals surface area contributed by atoms with Crippen LogP contribution in [-0.2, 0) is 0 Å². The Hall–Kier alpha value is -0.750. The highest BCUT2D eigenvalue weighted by atomic mass is 35.5. The predicted octanol–water partition coefficient (Wildman–Crippen LogP) is 2.62. The fourth-order valence-corrected chi connectivity index (χ4v) is 1.72. The van der Waals surface area contributed by atoms with E-state index in [1.54, 1.807) is 12.1 Å². The maximum atomic E-state index is 5.82. The molecule has 0 heterocycles. The van der Waals surface area contributed by atoms with E-state index in [0.717, 1.165) is 0 Å². The van der Waals surface area contributed by atoms with Gasteiger partial charge in [0.2, 0.25) is 5.11 Å². The fraction of sp³-hybridized carbons (Fsp3) is 0. The molecule has 0 radical (unpaired) electrons. The van der Waals surface area contributed by atoms with Crippen LogP contribution in [0.1, 0.15) is 0 Å². The predicted molar refractivity (Wildman–Crippen MR) is 73.5 cm³/mol. The molecule has 0 saturated carbocycles. The van der Waals surface area contributed by atoms with E-state index in [2.05, 4.69) is 10.3 Å². The number of rotatable bonds is 1. The van der Waals surface area contributed by atoms with Gasteiger partial charge in [0.15, 0.2) is 5.96 Å². The first-order valence-corrected chi connectivity index (χ1v) is 5.49. The van der Waals surface area contributed by atoms with Crippen LogP contribution in [0.15, 0.2) is 17.1 Å². The summed E-state index contributed by atoms with van der Waals surface area (Å²) in [6.45, 7) is 0. The number of nitrogens with one attached hydrogen (secondary N) is 1. The van der Waals surface area contributed by atoms with Crippen molar-refractivity contribution in [1.29, 1.82) is 0 Å². The smallest absolute Gasteiger partial charge is 0.200 e. The van der Waals surface area contributed by atoms with Crippen LogP contribution >= 0.6 is 47.0 Å². The number of benzene rings is 1. The zero-order chi connectivity index (χ0) is 12.3. The summed E-state index contributed by atoms with van der Waals surface area (Å²) < 4.78 is 0. The van der Waals surface area contributed by atoms with Gasteiger partial charge in [0.1, 0.15) is 0 Å². The lowest BCUT2D eigenvalue weighted by molar-refractivity contribution is 1.48. The van der Waals surface area contributed by atoms with Crippen LogP contribution in [0.5, 0.6) is 0 Å². The van der Waals surface area contributed by atoms with Gasteiger partial charge in [0.05, 0.1) is 15.1 Å². The summed E-state index contributed by atoms with van der Waals surface area (Å²) in [6.07, 6.45) is 0. The molecule has 5 N–H and O–H groups in total. The van der Waals surface area contributed by atoms with Gasteiger partial charge in [-0.25, -0.2) is 0 Å². The Bertz CT molecular complexity index is 434. The molecule has 1 aromatic rings. The molecule has 1 rings (SSSR count). The van der Waals surface area contributed by atoms with Crippen molar-refractivity contribution < 1.29 is 0 Å². The molecule has 0 atom stereocenters. The number of halogens is 3. The van der Waals surface area contributed by atoms with Gasteiger partial charge in [0.25, 0.3) is 0 Å². The van der Waals surface area contributed by atoms with Crippen molar-refractivity contribution in [3.05, 3.63) is 27.2 Å². The topological polar surface area (TPSA) is 76.4 Å². The van der Waals surface area contributed by atoms with Crippen LogP contribution in [0.25, 0.3) is 0 Å². The number of guanidine groups is 1. The summed E-state index contributed by atoms with van der Waals surface area (Å²) in [5, 5.41) is 3.74. The van der Waals surface area contributed by atoms with E-state index >= 15 is 0 Å². The van der Waals surface area contributed by atoms with Gasteiger partial charge in [-0.15, -0.1) is 0 Å². The summed E-state index contributed by atoms with van der Waals surface area (Å²) in [7, 11) is 0. The minimum Gasteiger partial charge on any atom is -0.370 e. The summed E-state index contributed by atoms with van der Waals surface area (Å²) >= 11 is 22.3. The Balaban J connectivity index is 2.91. The zero-order valence-corrected chi connectivity index (χ0v) is 10.9. The minimum atomic E-state index is -0.136.